The summed E-state index contributed by atoms with van der Waals surface area (Å²) in [5.74, 6) is 0. The van der Waals surface area contributed by atoms with E-state index in [4.69, 9.17) is 16.0 Å². The van der Waals surface area contributed by atoms with E-state index in [0.29, 0.717) is 5.69 Å². The van der Waals surface area contributed by atoms with Gasteiger partial charge in [-0.1, -0.05) is 6.07 Å². The summed E-state index contributed by atoms with van der Waals surface area (Å²) in [6.45, 7) is 0. The fraction of sp³-hybridized carbons (Fsp3) is 0. The van der Waals surface area contributed by atoms with Gasteiger partial charge >= 0.3 is 0 Å². The molecule has 1 atom stereocenters. The lowest BCUT2D eigenvalue weighted by Crippen LogP contribution is -2.00. The van der Waals surface area contributed by atoms with E-state index in [1.165, 1.54) is 6.07 Å². The number of nitrogen functional groups attached to an aromatic ring is 2. The summed E-state index contributed by atoms with van der Waals surface area (Å²) in [6.07, 6.45) is 0. The van der Waals surface area contributed by atoms with Gasteiger partial charge in [0, 0.05) is 0 Å². The van der Waals surface area contributed by atoms with Gasteiger partial charge in [-0.25, -0.2) is 4.21 Å². The molecule has 60 valence electrons. The van der Waals surface area contributed by atoms with E-state index in [0.717, 1.165) is 0 Å². The lowest BCUT2D eigenvalue weighted by atomic mass is 10.3. The molecule has 1 unspecified atom stereocenters. The van der Waals surface area contributed by atoms with Crippen LogP contribution in [0.5, 0.6) is 0 Å². The van der Waals surface area contributed by atoms with E-state index in [1.54, 1.807) is 12.1 Å². The molecular formula is C6H8N2O2S. The zero-order valence-electron chi connectivity index (χ0n) is 5.65. The Kier molecular flexibility index (Phi) is 2.11. The van der Waals surface area contributed by atoms with Gasteiger partial charge in [0.05, 0.1) is 16.3 Å². The summed E-state index contributed by atoms with van der Waals surface area (Å²) < 4.78 is 19.2. The van der Waals surface area contributed by atoms with Crippen molar-refractivity contribution in [1.29, 1.82) is 0 Å². The molecule has 0 aromatic heterocycles. The Morgan fingerprint density at radius 2 is 2.00 bits per heavy atom. The van der Waals surface area contributed by atoms with Crippen molar-refractivity contribution in [2.75, 3.05) is 11.5 Å². The third kappa shape index (κ3) is 1.50. The molecule has 11 heavy (non-hydrogen) atoms. The third-order valence-corrected chi connectivity index (χ3v) is 2.02. The van der Waals surface area contributed by atoms with E-state index >= 15 is 0 Å². The van der Waals surface area contributed by atoms with Gasteiger partial charge in [-0.15, -0.1) is 0 Å². The SMILES string of the molecule is Nc1cccc(S(=O)O)c1N. The molecule has 5 N–H and O–H groups in total. The van der Waals surface area contributed by atoms with Crippen LogP contribution in [0.15, 0.2) is 23.1 Å². The van der Waals surface area contributed by atoms with Gasteiger partial charge in [0.15, 0.2) is 11.1 Å². The smallest absolute Gasteiger partial charge is 0.188 e. The minimum absolute atomic E-state index is 0.157. The molecule has 0 aliphatic rings. The lowest BCUT2D eigenvalue weighted by Gasteiger charge is -2.02. The summed E-state index contributed by atoms with van der Waals surface area (Å²) in [6, 6.07) is 4.61. The number of nitrogens with two attached hydrogens (primary N) is 2. The van der Waals surface area contributed by atoms with E-state index in [9.17, 15) is 4.21 Å². The average Bonchev–Trinajstić information content (AvgIpc) is 1.94. The lowest BCUT2D eigenvalue weighted by molar-refractivity contribution is 0.565. The Morgan fingerprint density at radius 3 is 2.45 bits per heavy atom. The van der Waals surface area contributed by atoms with Crippen LogP contribution in [-0.2, 0) is 11.1 Å². The number of para-hydroxylation sites is 1. The maximum atomic E-state index is 10.5. The Hall–Kier alpha value is -1.07. The third-order valence-electron chi connectivity index (χ3n) is 1.29. The molecule has 5 heteroatoms. The van der Waals surface area contributed by atoms with Crippen molar-refractivity contribution in [2.45, 2.75) is 4.90 Å². The summed E-state index contributed by atoms with van der Waals surface area (Å²) in [5, 5.41) is 0. The first-order valence-electron chi connectivity index (χ1n) is 2.87. The first-order valence-corrected chi connectivity index (χ1v) is 3.98. The number of anilines is 2. The fourth-order valence-electron chi connectivity index (χ4n) is 0.713. The largest absolute Gasteiger partial charge is 0.397 e. The van der Waals surface area contributed by atoms with Gasteiger partial charge in [0.25, 0.3) is 0 Å². The van der Waals surface area contributed by atoms with Gasteiger partial charge in [0.2, 0.25) is 0 Å². The minimum Gasteiger partial charge on any atom is -0.397 e. The van der Waals surface area contributed by atoms with E-state index in [2.05, 4.69) is 0 Å². The Balaban J connectivity index is 3.27. The molecule has 0 saturated carbocycles. The van der Waals surface area contributed by atoms with Gasteiger partial charge in [0.1, 0.15) is 0 Å². The maximum Gasteiger partial charge on any atom is 0.188 e. The first-order chi connectivity index (χ1) is 5.13. The van der Waals surface area contributed by atoms with Crippen molar-refractivity contribution in [3.63, 3.8) is 0 Å². The Morgan fingerprint density at radius 1 is 1.36 bits per heavy atom. The molecule has 0 fully saturated rings. The molecule has 0 bridgehead atoms. The van der Waals surface area contributed by atoms with Crippen LogP contribution in [0.3, 0.4) is 0 Å². The molecule has 0 saturated heterocycles. The predicted octanol–water partition coefficient (Wildman–Crippen LogP) is 0.432. The molecule has 0 spiro atoms. The number of benzene rings is 1. The molecule has 1 aromatic carbocycles. The molecule has 0 radical (unpaired) electrons. The van der Waals surface area contributed by atoms with E-state index in [-0.39, 0.29) is 10.6 Å². The first kappa shape index (κ1) is 8.03. The van der Waals surface area contributed by atoms with Gasteiger partial charge < -0.3 is 16.0 Å². The average molecular weight is 172 g/mol. The molecule has 0 amide bonds. The van der Waals surface area contributed by atoms with Crippen LogP contribution < -0.4 is 11.5 Å². The zero-order valence-corrected chi connectivity index (χ0v) is 6.47. The minimum atomic E-state index is -2.06. The van der Waals surface area contributed by atoms with Gasteiger partial charge in [-0.3, -0.25) is 0 Å². The van der Waals surface area contributed by atoms with Crippen molar-refractivity contribution in [2.24, 2.45) is 0 Å². The molecule has 1 aromatic rings. The summed E-state index contributed by atoms with van der Waals surface area (Å²) in [7, 11) is 0. The van der Waals surface area contributed by atoms with Gasteiger partial charge in [-0.2, -0.15) is 0 Å². The summed E-state index contributed by atoms with van der Waals surface area (Å²) in [4.78, 5) is 0.157. The molecule has 1 rings (SSSR count). The zero-order chi connectivity index (χ0) is 8.43. The van der Waals surface area contributed by atoms with E-state index in [1.807, 2.05) is 0 Å². The van der Waals surface area contributed by atoms with Crippen LogP contribution in [0.4, 0.5) is 11.4 Å². The molecule has 0 heterocycles. The molecule has 0 aliphatic carbocycles. The Bertz CT molecular complexity index is 301. The number of hydrogen-bond acceptors (Lipinski definition) is 3. The van der Waals surface area contributed by atoms with E-state index < -0.39 is 11.1 Å². The summed E-state index contributed by atoms with van der Waals surface area (Å²) >= 11 is -2.06. The van der Waals surface area contributed by atoms with Crippen LogP contribution in [0.1, 0.15) is 0 Å². The topological polar surface area (TPSA) is 89.3 Å². The highest BCUT2D eigenvalue weighted by atomic mass is 32.2. The fourth-order valence-corrected chi connectivity index (χ4v) is 1.21. The molecular weight excluding hydrogens is 164 g/mol. The second kappa shape index (κ2) is 2.89. The van der Waals surface area contributed by atoms with Crippen LogP contribution in [0.25, 0.3) is 0 Å². The van der Waals surface area contributed by atoms with Crippen LogP contribution in [0, 0.1) is 0 Å². The number of rotatable bonds is 1. The van der Waals surface area contributed by atoms with Crippen molar-refractivity contribution in [1.82, 2.24) is 0 Å². The van der Waals surface area contributed by atoms with Crippen LogP contribution in [0.2, 0.25) is 0 Å². The van der Waals surface area contributed by atoms with Crippen LogP contribution >= 0.6 is 0 Å². The standard InChI is InChI=1S/C6H8N2O2S/c7-4-2-1-3-5(6(4)8)11(9)10/h1-3H,7-8H2,(H,9,10). The highest BCUT2D eigenvalue weighted by Crippen LogP contribution is 2.21. The molecule has 4 nitrogen and oxygen atoms in total. The summed E-state index contributed by atoms with van der Waals surface area (Å²) in [5.41, 5.74) is 11.3. The highest BCUT2D eigenvalue weighted by Gasteiger charge is 2.05. The highest BCUT2D eigenvalue weighted by molar-refractivity contribution is 7.79. The number of hydrogen-bond donors (Lipinski definition) is 3. The molecule has 0 aliphatic heterocycles. The van der Waals surface area contributed by atoms with Crippen molar-refractivity contribution in [3.05, 3.63) is 18.2 Å². The van der Waals surface area contributed by atoms with Crippen molar-refractivity contribution >= 4 is 22.5 Å². The predicted molar refractivity (Wildman–Crippen MR) is 44.3 cm³/mol. The quantitative estimate of drug-likeness (QED) is 0.423. The monoisotopic (exact) mass is 172 g/mol. The van der Waals surface area contributed by atoms with Crippen molar-refractivity contribution < 1.29 is 8.76 Å². The van der Waals surface area contributed by atoms with Crippen LogP contribution in [-0.4, -0.2) is 8.76 Å². The second-order valence-electron chi connectivity index (χ2n) is 2.01. The normalized spacial score (nSPS) is 12.8. The maximum absolute atomic E-state index is 10.5. The second-order valence-corrected chi connectivity index (χ2v) is 2.95. The van der Waals surface area contributed by atoms with Gasteiger partial charge in [-0.05, 0) is 12.1 Å². The van der Waals surface area contributed by atoms with Crippen molar-refractivity contribution in [3.8, 4) is 0 Å². The Labute approximate surface area is 66.5 Å².